The number of hydrogen-bond acceptors (Lipinski definition) is 8. The van der Waals surface area contributed by atoms with E-state index in [9.17, 15) is 4.79 Å². The molecule has 1 N–H and O–H groups in total. The van der Waals surface area contributed by atoms with Crippen LogP contribution in [0.25, 0.3) is 11.5 Å². The summed E-state index contributed by atoms with van der Waals surface area (Å²) in [5.74, 6) is 2.23. The Balaban J connectivity index is 1.27. The first-order chi connectivity index (χ1) is 18.0. The van der Waals surface area contributed by atoms with Crippen LogP contribution in [-0.2, 0) is 17.6 Å². The van der Waals surface area contributed by atoms with Crippen molar-refractivity contribution in [3.8, 4) is 23.1 Å². The molecule has 0 unspecified atom stereocenters. The highest BCUT2D eigenvalue weighted by Gasteiger charge is 2.19. The molecule has 37 heavy (non-hydrogen) atoms. The summed E-state index contributed by atoms with van der Waals surface area (Å²) in [5, 5.41) is 13.0. The van der Waals surface area contributed by atoms with Gasteiger partial charge in [0.05, 0.1) is 19.8 Å². The van der Waals surface area contributed by atoms with Crippen molar-refractivity contribution in [2.45, 2.75) is 51.9 Å². The van der Waals surface area contributed by atoms with E-state index in [4.69, 9.17) is 19.1 Å². The van der Waals surface area contributed by atoms with Crippen LogP contribution in [0.3, 0.4) is 0 Å². The van der Waals surface area contributed by atoms with Crippen LogP contribution < -0.4 is 9.47 Å². The molecule has 3 aromatic rings. The Hall–Kier alpha value is -3.46. The quantitative estimate of drug-likeness (QED) is 0.313. The van der Waals surface area contributed by atoms with Crippen LogP contribution in [0.4, 0.5) is 0 Å². The maximum absolute atomic E-state index is 10.7. The van der Waals surface area contributed by atoms with Crippen LogP contribution in [0.1, 0.15) is 49.1 Å². The lowest BCUT2D eigenvalue weighted by atomic mass is 10.1. The lowest BCUT2D eigenvalue weighted by Crippen LogP contribution is -2.27. The first kappa shape index (κ1) is 26.6. The van der Waals surface area contributed by atoms with E-state index in [-0.39, 0.29) is 6.54 Å². The van der Waals surface area contributed by atoms with Crippen LogP contribution in [0, 0.1) is 12.8 Å². The van der Waals surface area contributed by atoms with Gasteiger partial charge in [-0.2, -0.15) is 4.98 Å². The molecule has 4 rings (SSSR count). The number of likely N-dealkylation sites (N-methyl/N-ethyl adjacent to an activating group) is 1. The number of benzene rings is 1. The van der Waals surface area contributed by atoms with Gasteiger partial charge in [-0.1, -0.05) is 30.1 Å². The highest BCUT2D eigenvalue weighted by atomic mass is 16.5. The molecule has 1 aromatic carbocycles. The second-order valence-corrected chi connectivity index (χ2v) is 9.77. The van der Waals surface area contributed by atoms with Gasteiger partial charge in [0.2, 0.25) is 5.88 Å². The molecule has 0 saturated heterocycles. The lowest BCUT2D eigenvalue weighted by molar-refractivity contribution is -0.138. The topological polar surface area (TPSA) is 111 Å². The summed E-state index contributed by atoms with van der Waals surface area (Å²) in [6.07, 6.45) is 8.89. The molecule has 2 aromatic heterocycles. The zero-order valence-electron chi connectivity index (χ0n) is 21.7. The Morgan fingerprint density at radius 2 is 2.03 bits per heavy atom. The van der Waals surface area contributed by atoms with Crippen molar-refractivity contribution >= 4 is 5.97 Å². The van der Waals surface area contributed by atoms with Crippen LogP contribution in [0.2, 0.25) is 0 Å². The number of aliphatic carboxylic acids is 1. The van der Waals surface area contributed by atoms with Gasteiger partial charge in [0.25, 0.3) is 5.89 Å². The molecule has 0 bridgehead atoms. The molecular formula is C28H36N4O5. The molecule has 0 aliphatic heterocycles. The molecule has 0 radical (unpaired) electrons. The summed E-state index contributed by atoms with van der Waals surface area (Å²) in [7, 11) is 1.79. The maximum atomic E-state index is 10.7. The van der Waals surface area contributed by atoms with Crippen molar-refractivity contribution < 1.29 is 23.9 Å². The van der Waals surface area contributed by atoms with Gasteiger partial charge in [0.15, 0.2) is 5.82 Å². The average molecular weight is 509 g/mol. The Morgan fingerprint density at radius 3 is 2.81 bits per heavy atom. The molecule has 1 aliphatic carbocycles. The van der Waals surface area contributed by atoms with Crippen molar-refractivity contribution in [3.63, 3.8) is 0 Å². The fourth-order valence-corrected chi connectivity index (χ4v) is 4.62. The molecule has 9 nitrogen and oxygen atoms in total. The summed E-state index contributed by atoms with van der Waals surface area (Å²) in [6.45, 7) is 3.94. The van der Waals surface area contributed by atoms with Gasteiger partial charge in [-0.25, -0.2) is 4.98 Å². The number of aryl methyl sites for hydroxylation is 3. The monoisotopic (exact) mass is 508 g/mol. The highest BCUT2D eigenvalue weighted by molar-refractivity contribution is 5.69. The summed E-state index contributed by atoms with van der Waals surface area (Å²) in [5.41, 5.74) is 2.95. The number of carbonyl (C=O) groups is 1. The summed E-state index contributed by atoms with van der Waals surface area (Å²) >= 11 is 0. The van der Waals surface area contributed by atoms with Crippen LogP contribution in [-0.4, -0.2) is 64.5 Å². The van der Waals surface area contributed by atoms with Gasteiger partial charge in [-0.05, 0) is 74.9 Å². The van der Waals surface area contributed by atoms with E-state index < -0.39 is 5.97 Å². The van der Waals surface area contributed by atoms with Crippen molar-refractivity contribution in [1.29, 1.82) is 0 Å². The number of carboxylic acid groups (broad SMARTS) is 1. The van der Waals surface area contributed by atoms with E-state index in [0.29, 0.717) is 49.7 Å². The Morgan fingerprint density at radius 1 is 1.19 bits per heavy atom. The molecule has 1 saturated carbocycles. The Labute approximate surface area is 217 Å². The third-order valence-electron chi connectivity index (χ3n) is 6.62. The summed E-state index contributed by atoms with van der Waals surface area (Å²) < 4.78 is 17.5. The van der Waals surface area contributed by atoms with Gasteiger partial charge in [0, 0.05) is 19.2 Å². The third kappa shape index (κ3) is 8.01. The molecule has 1 fully saturated rings. The molecule has 0 amide bonds. The number of carboxylic acids is 1. The largest absolute Gasteiger partial charge is 0.493 e. The average Bonchev–Trinajstić information content (AvgIpc) is 3.57. The SMILES string of the molecule is Cc1cc(CCc2noc(-c3cccnc3OCC3CCCC3)n2)ccc1OCCCN(C)CC(=O)O. The molecular weight excluding hydrogens is 472 g/mol. The van der Waals surface area contributed by atoms with E-state index >= 15 is 0 Å². The minimum Gasteiger partial charge on any atom is -0.493 e. The van der Waals surface area contributed by atoms with Crippen LogP contribution in [0.5, 0.6) is 11.6 Å². The van der Waals surface area contributed by atoms with Crippen LogP contribution in [0.15, 0.2) is 41.1 Å². The zero-order chi connectivity index (χ0) is 26.0. The van der Waals surface area contributed by atoms with Crippen molar-refractivity contribution in [3.05, 3.63) is 53.5 Å². The lowest BCUT2D eigenvalue weighted by Gasteiger charge is -2.15. The molecule has 9 heteroatoms. The zero-order valence-corrected chi connectivity index (χ0v) is 21.7. The predicted molar refractivity (Wildman–Crippen MR) is 139 cm³/mol. The van der Waals surface area contributed by atoms with Gasteiger partial charge in [-0.15, -0.1) is 0 Å². The predicted octanol–water partition coefficient (Wildman–Crippen LogP) is 4.58. The molecule has 198 valence electrons. The van der Waals surface area contributed by atoms with Gasteiger partial charge < -0.3 is 19.1 Å². The highest BCUT2D eigenvalue weighted by Crippen LogP contribution is 2.30. The van der Waals surface area contributed by atoms with E-state index in [1.807, 2.05) is 25.1 Å². The summed E-state index contributed by atoms with van der Waals surface area (Å²) in [4.78, 5) is 21.5. The third-order valence-corrected chi connectivity index (χ3v) is 6.62. The summed E-state index contributed by atoms with van der Waals surface area (Å²) in [6, 6.07) is 9.90. The fourth-order valence-electron chi connectivity index (χ4n) is 4.62. The second-order valence-electron chi connectivity index (χ2n) is 9.77. The van der Waals surface area contributed by atoms with Gasteiger partial charge in [0.1, 0.15) is 11.3 Å². The van der Waals surface area contributed by atoms with Crippen molar-refractivity contribution in [1.82, 2.24) is 20.0 Å². The number of pyridine rings is 1. The molecule has 0 atom stereocenters. The van der Waals surface area contributed by atoms with E-state index in [2.05, 4.69) is 27.3 Å². The maximum Gasteiger partial charge on any atom is 0.317 e. The van der Waals surface area contributed by atoms with Crippen molar-refractivity contribution in [2.24, 2.45) is 5.92 Å². The Kier molecular flexibility index (Phi) is 9.48. The second kappa shape index (κ2) is 13.2. The number of nitrogens with zero attached hydrogens (tertiary/aromatic N) is 4. The van der Waals surface area contributed by atoms with Gasteiger partial charge >= 0.3 is 5.97 Å². The number of rotatable bonds is 14. The molecule has 0 spiro atoms. The number of hydrogen-bond donors (Lipinski definition) is 1. The van der Waals surface area contributed by atoms with E-state index in [0.717, 1.165) is 29.7 Å². The standard InChI is InChI=1S/C28H36N4O5/c1-20-17-21(10-12-24(20)35-16-6-15-32(2)18-26(33)34)11-13-25-30-28(37-31-25)23-9-5-14-29-27(23)36-19-22-7-3-4-8-22/h5,9-10,12,14,17,22H,3-4,6-8,11,13,15-16,18-19H2,1-2H3,(H,33,34). The first-order valence-electron chi connectivity index (χ1n) is 13.0. The minimum absolute atomic E-state index is 0.0349. The fraction of sp³-hybridized carbons (Fsp3) is 0.500. The minimum atomic E-state index is -0.822. The molecule has 1 aliphatic rings. The first-order valence-corrected chi connectivity index (χ1v) is 13.0. The normalized spacial score (nSPS) is 13.8. The van der Waals surface area contributed by atoms with Crippen LogP contribution >= 0.6 is 0 Å². The number of ether oxygens (including phenoxy) is 2. The molecule has 2 heterocycles. The van der Waals surface area contributed by atoms with Gasteiger partial charge in [-0.3, -0.25) is 9.69 Å². The smallest absolute Gasteiger partial charge is 0.317 e. The Bertz CT molecular complexity index is 1160. The van der Waals surface area contributed by atoms with E-state index in [1.54, 1.807) is 18.1 Å². The number of aromatic nitrogens is 3. The van der Waals surface area contributed by atoms with E-state index in [1.165, 1.54) is 31.2 Å². The van der Waals surface area contributed by atoms with Crippen molar-refractivity contribution in [2.75, 3.05) is 33.4 Å².